The number of carbonyl (C=O) groups excluding carboxylic acids is 1. The molecule has 0 bridgehead atoms. The molecule has 0 aliphatic heterocycles. The van der Waals surface area contributed by atoms with Crippen LogP contribution >= 0.6 is 0 Å². The van der Waals surface area contributed by atoms with Crippen LogP contribution in [0.1, 0.15) is 43.1 Å². The lowest BCUT2D eigenvalue weighted by atomic mass is 9.78. The summed E-state index contributed by atoms with van der Waals surface area (Å²) in [6.45, 7) is 2.40. The molecule has 19 heavy (non-hydrogen) atoms. The molecule has 1 aromatic heterocycles. The van der Waals surface area contributed by atoms with Gasteiger partial charge in [-0.25, -0.2) is 0 Å². The Balaban J connectivity index is 2.11. The highest BCUT2D eigenvalue weighted by Gasteiger charge is 2.43. The van der Waals surface area contributed by atoms with E-state index in [9.17, 15) is 18.0 Å². The molecule has 1 fully saturated rings. The number of alkyl halides is 3. The van der Waals surface area contributed by atoms with E-state index in [1.807, 2.05) is 6.92 Å². The molecule has 2 rings (SSSR count). The molecule has 6 heteroatoms. The molecule has 0 amide bonds. The van der Waals surface area contributed by atoms with Gasteiger partial charge in [-0.2, -0.15) is 18.3 Å². The summed E-state index contributed by atoms with van der Waals surface area (Å²) < 4.78 is 39.8. The third-order valence-electron chi connectivity index (χ3n) is 3.78. The third kappa shape index (κ3) is 2.98. The molecule has 0 aromatic carbocycles. The Morgan fingerprint density at radius 1 is 1.47 bits per heavy atom. The lowest BCUT2D eigenvalue weighted by Crippen LogP contribution is -2.32. The van der Waals surface area contributed by atoms with Crippen molar-refractivity contribution in [1.29, 1.82) is 0 Å². The third-order valence-corrected chi connectivity index (χ3v) is 3.78. The van der Waals surface area contributed by atoms with E-state index < -0.39 is 18.0 Å². The SMILES string of the molecule is CCn1nccc1C(=O)C1CCCC(C(F)(F)F)C1. The summed E-state index contributed by atoms with van der Waals surface area (Å²) in [5, 5.41) is 3.99. The highest BCUT2D eigenvalue weighted by atomic mass is 19.4. The minimum Gasteiger partial charge on any atom is -0.292 e. The van der Waals surface area contributed by atoms with Crippen molar-refractivity contribution in [2.75, 3.05) is 0 Å². The highest BCUT2D eigenvalue weighted by Crippen LogP contribution is 2.40. The molecule has 106 valence electrons. The van der Waals surface area contributed by atoms with Crippen LogP contribution in [-0.2, 0) is 6.54 Å². The largest absolute Gasteiger partial charge is 0.391 e. The van der Waals surface area contributed by atoms with Gasteiger partial charge in [-0.15, -0.1) is 0 Å². The van der Waals surface area contributed by atoms with Crippen molar-refractivity contribution in [3.63, 3.8) is 0 Å². The fraction of sp³-hybridized carbons (Fsp3) is 0.692. The van der Waals surface area contributed by atoms with E-state index in [0.717, 1.165) is 0 Å². The number of rotatable bonds is 3. The van der Waals surface area contributed by atoms with Crippen LogP contribution in [0.2, 0.25) is 0 Å². The predicted octanol–water partition coefficient (Wildman–Crippen LogP) is 3.45. The van der Waals surface area contributed by atoms with Crippen molar-refractivity contribution < 1.29 is 18.0 Å². The first-order valence-electron chi connectivity index (χ1n) is 6.56. The van der Waals surface area contributed by atoms with Crippen LogP contribution in [0.5, 0.6) is 0 Å². The Bertz CT molecular complexity index is 453. The number of hydrogen-bond donors (Lipinski definition) is 0. The van der Waals surface area contributed by atoms with Crippen LogP contribution in [0.4, 0.5) is 13.2 Å². The van der Waals surface area contributed by atoms with Crippen molar-refractivity contribution in [3.8, 4) is 0 Å². The quantitative estimate of drug-likeness (QED) is 0.791. The summed E-state index contributed by atoms with van der Waals surface area (Å²) in [6, 6.07) is 1.59. The number of aryl methyl sites for hydroxylation is 1. The molecular formula is C13H17F3N2O. The fourth-order valence-corrected chi connectivity index (χ4v) is 2.73. The van der Waals surface area contributed by atoms with Crippen molar-refractivity contribution in [2.24, 2.45) is 11.8 Å². The summed E-state index contributed by atoms with van der Waals surface area (Å²) in [5.74, 6) is -2.07. The van der Waals surface area contributed by atoms with Gasteiger partial charge in [0, 0.05) is 18.7 Å². The molecule has 1 heterocycles. The highest BCUT2D eigenvalue weighted by molar-refractivity contribution is 5.96. The Morgan fingerprint density at radius 2 is 2.21 bits per heavy atom. The minimum atomic E-state index is -4.19. The van der Waals surface area contributed by atoms with Crippen molar-refractivity contribution in [2.45, 2.75) is 45.3 Å². The molecule has 0 spiro atoms. The predicted molar refractivity (Wildman–Crippen MR) is 63.7 cm³/mol. The normalized spacial score (nSPS) is 24.4. The molecule has 2 atom stereocenters. The van der Waals surface area contributed by atoms with E-state index >= 15 is 0 Å². The second kappa shape index (κ2) is 5.35. The molecule has 3 nitrogen and oxygen atoms in total. The molecule has 0 saturated heterocycles. The molecule has 0 N–H and O–H groups in total. The average molecular weight is 274 g/mol. The Kier molecular flexibility index (Phi) is 3.96. The van der Waals surface area contributed by atoms with Gasteiger partial charge in [-0.05, 0) is 32.3 Å². The van der Waals surface area contributed by atoms with Crippen LogP contribution in [0, 0.1) is 11.8 Å². The maximum absolute atomic E-state index is 12.7. The van der Waals surface area contributed by atoms with Gasteiger partial charge in [0.1, 0.15) is 5.69 Å². The second-order valence-corrected chi connectivity index (χ2v) is 5.00. The first kappa shape index (κ1) is 14.1. The van der Waals surface area contributed by atoms with E-state index in [1.165, 1.54) is 6.20 Å². The van der Waals surface area contributed by atoms with Gasteiger partial charge in [0.25, 0.3) is 0 Å². The molecule has 1 aliphatic carbocycles. The maximum Gasteiger partial charge on any atom is 0.391 e. The topological polar surface area (TPSA) is 34.9 Å². The number of nitrogens with zero attached hydrogens (tertiary/aromatic N) is 2. The molecular weight excluding hydrogens is 257 g/mol. The smallest absolute Gasteiger partial charge is 0.292 e. The van der Waals surface area contributed by atoms with Gasteiger partial charge < -0.3 is 0 Å². The zero-order valence-electron chi connectivity index (χ0n) is 10.8. The number of halogens is 3. The fourth-order valence-electron chi connectivity index (χ4n) is 2.73. The number of Topliss-reactive ketones (excluding diaryl/α,β-unsaturated/α-hetero) is 1. The number of ketones is 1. The summed E-state index contributed by atoms with van der Waals surface area (Å²) in [7, 11) is 0. The van der Waals surface area contributed by atoms with Gasteiger partial charge in [-0.1, -0.05) is 6.42 Å². The Morgan fingerprint density at radius 3 is 2.84 bits per heavy atom. The average Bonchev–Trinajstić information content (AvgIpc) is 2.85. The van der Waals surface area contributed by atoms with Gasteiger partial charge in [0.15, 0.2) is 5.78 Å². The van der Waals surface area contributed by atoms with Crippen LogP contribution < -0.4 is 0 Å². The lowest BCUT2D eigenvalue weighted by molar-refractivity contribution is -0.184. The Hall–Kier alpha value is -1.33. The molecule has 2 unspecified atom stereocenters. The van der Waals surface area contributed by atoms with Crippen LogP contribution in [-0.4, -0.2) is 21.7 Å². The minimum absolute atomic E-state index is 0.0861. The molecule has 1 saturated carbocycles. The number of hydrogen-bond acceptors (Lipinski definition) is 2. The van der Waals surface area contributed by atoms with Gasteiger partial charge in [-0.3, -0.25) is 9.48 Å². The first-order chi connectivity index (χ1) is 8.93. The van der Waals surface area contributed by atoms with Gasteiger partial charge in [0.05, 0.1) is 5.92 Å². The maximum atomic E-state index is 12.7. The monoisotopic (exact) mass is 274 g/mol. The number of carbonyl (C=O) groups is 1. The summed E-state index contributed by atoms with van der Waals surface area (Å²) in [4.78, 5) is 12.3. The van der Waals surface area contributed by atoms with E-state index in [0.29, 0.717) is 25.1 Å². The van der Waals surface area contributed by atoms with E-state index in [-0.39, 0.29) is 18.6 Å². The van der Waals surface area contributed by atoms with Crippen molar-refractivity contribution in [3.05, 3.63) is 18.0 Å². The van der Waals surface area contributed by atoms with Crippen molar-refractivity contribution >= 4 is 5.78 Å². The molecule has 0 radical (unpaired) electrons. The van der Waals surface area contributed by atoms with Crippen LogP contribution in [0.3, 0.4) is 0 Å². The zero-order valence-corrected chi connectivity index (χ0v) is 10.8. The first-order valence-corrected chi connectivity index (χ1v) is 6.56. The summed E-state index contributed by atoms with van der Waals surface area (Å²) in [5.41, 5.74) is 0.426. The molecule has 1 aromatic rings. The van der Waals surface area contributed by atoms with Crippen LogP contribution in [0.15, 0.2) is 12.3 Å². The second-order valence-electron chi connectivity index (χ2n) is 5.00. The van der Waals surface area contributed by atoms with Crippen LogP contribution in [0.25, 0.3) is 0 Å². The van der Waals surface area contributed by atoms with E-state index in [1.54, 1.807) is 10.7 Å². The van der Waals surface area contributed by atoms with Gasteiger partial charge >= 0.3 is 6.18 Å². The van der Waals surface area contributed by atoms with E-state index in [4.69, 9.17) is 0 Å². The zero-order chi connectivity index (χ0) is 14.0. The molecule has 1 aliphatic rings. The van der Waals surface area contributed by atoms with Crippen molar-refractivity contribution in [1.82, 2.24) is 9.78 Å². The van der Waals surface area contributed by atoms with E-state index in [2.05, 4.69) is 5.10 Å². The Labute approximate surface area is 109 Å². The lowest BCUT2D eigenvalue weighted by Gasteiger charge is -2.29. The summed E-state index contributed by atoms with van der Waals surface area (Å²) >= 11 is 0. The van der Waals surface area contributed by atoms with Gasteiger partial charge in [0.2, 0.25) is 0 Å². The number of aromatic nitrogens is 2. The summed E-state index contributed by atoms with van der Waals surface area (Å²) in [6.07, 6.45) is -1.62. The standard InChI is InChI=1S/C13H17F3N2O/c1-2-18-11(6-7-17-18)12(19)9-4-3-5-10(8-9)13(14,15)16/h6-7,9-10H,2-5,8H2,1H3.